The summed E-state index contributed by atoms with van der Waals surface area (Å²) >= 11 is 1.36. The summed E-state index contributed by atoms with van der Waals surface area (Å²) in [6, 6.07) is 4.46. The van der Waals surface area contributed by atoms with Gasteiger partial charge >= 0.3 is 0 Å². The molecule has 0 aliphatic carbocycles. The van der Waals surface area contributed by atoms with Crippen LogP contribution in [-0.2, 0) is 0 Å². The first-order chi connectivity index (χ1) is 5.25. The van der Waals surface area contributed by atoms with Crippen molar-refractivity contribution < 1.29 is 4.39 Å². The van der Waals surface area contributed by atoms with Crippen LogP contribution < -0.4 is 5.73 Å². The van der Waals surface area contributed by atoms with Crippen molar-refractivity contribution in [2.45, 2.75) is 0 Å². The molecule has 0 aliphatic rings. The van der Waals surface area contributed by atoms with Crippen molar-refractivity contribution >= 4 is 39.1 Å². The highest BCUT2D eigenvalue weighted by molar-refractivity contribution is 7.22. The number of aromatic nitrogens is 1. The summed E-state index contributed by atoms with van der Waals surface area (Å²) in [7, 11) is 0. The van der Waals surface area contributed by atoms with E-state index in [2.05, 4.69) is 4.98 Å². The Balaban J connectivity index is 0.000000720. The number of nitrogens with zero attached hydrogens (tertiary/aromatic N) is 1. The van der Waals surface area contributed by atoms with Crippen LogP contribution in [-0.4, -0.2) is 4.98 Å². The van der Waals surface area contributed by atoms with Crippen LogP contribution in [0.5, 0.6) is 0 Å². The Labute approximate surface area is 78.6 Å². The molecule has 2 aromatic rings. The van der Waals surface area contributed by atoms with E-state index in [1.54, 1.807) is 6.07 Å². The SMILES string of the molecule is Cl.Nc1nc2cc(F)ccc2s1. The quantitative estimate of drug-likeness (QED) is 0.716. The van der Waals surface area contributed by atoms with Gasteiger partial charge in [-0.1, -0.05) is 11.3 Å². The van der Waals surface area contributed by atoms with Crippen molar-refractivity contribution in [2.24, 2.45) is 0 Å². The van der Waals surface area contributed by atoms with Crippen LogP contribution in [0.25, 0.3) is 10.2 Å². The van der Waals surface area contributed by atoms with Crippen LogP contribution in [0, 0.1) is 5.82 Å². The van der Waals surface area contributed by atoms with Crippen molar-refractivity contribution in [2.75, 3.05) is 5.73 Å². The van der Waals surface area contributed by atoms with Crippen LogP contribution in [0.3, 0.4) is 0 Å². The number of thiazole rings is 1. The standard InChI is InChI=1S/C7H5FN2S.ClH/c8-4-1-2-6-5(3-4)10-7(9)11-6;/h1-3H,(H2,9,10);1H. The van der Waals surface area contributed by atoms with Gasteiger partial charge in [0.05, 0.1) is 10.2 Å². The third-order valence-electron chi connectivity index (χ3n) is 1.37. The highest BCUT2D eigenvalue weighted by Gasteiger charge is 2.00. The van der Waals surface area contributed by atoms with E-state index in [0.717, 1.165) is 4.70 Å². The molecule has 0 saturated heterocycles. The lowest BCUT2D eigenvalue weighted by Gasteiger charge is -1.85. The van der Waals surface area contributed by atoms with Gasteiger partial charge in [-0.25, -0.2) is 9.37 Å². The van der Waals surface area contributed by atoms with Crippen LogP contribution >= 0.6 is 23.7 Å². The van der Waals surface area contributed by atoms with E-state index in [-0.39, 0.29) is 18.2 Å². The molecule has 0 bridgehead atoms. The van der Waals surface area contributed by atoms with Crippen LogP contribution in [0.2, 0.25) is 0 Å². The topological polar surface area (TPSA) is 38.9 Å². The third-order valence-corrected chi connectivity index (χ3v) is 2.23. The maximum atomic E-state index is 12.6. The molecular formula is C7H6ClFN2S. The average Bonchev–Trinajstić information content (AvgIpc) is 2.27. The van der Waals surface area contributed by atoms with Gasteiger partial charge in [-0.05, 0) is 12.1 Å². The van der Waals surface area contributed by atoms with Gasteiger partial charge in [-0.3, -0.25) is 0 Å². The monoisotopic (exact) mass is 204 g/mol. The minimum atomic E-state index is -0.275. The van der Waals surface area contributed by atoms with Gasteiger partial charge in [0.15, 0.2) is 5.13 Å². The maximum Gasteiger partial charge on any atom is 0.181 e. The molecular weight excluding hydrogens is 199 g/mol. The Morgan fingerprint density at radius 2 is 2.17 bits per heavy atom. The lowest BCUT2D eigenvalue weighted by molar-refractivity contribution is 0.629. The van der Waals surface area contributed by atoms with Gasteiger partial charge in [0.1, 0.15) is 5.82 Å². The van der Waals surface area contributed by atoms with Crippen LogP contribution in [0.4, 0.5) is 9.52 Å². The Morgan fingerprint density at radius 3 is 2.92 bits per heavy atom. The zero-order valence-corrected chi connectivity index (χ0v) is 7.58. The second-order valence-electron chi connectivity index (χ2n) is 2.16. The smallest absolute Gasteiger partial charge is 0.181 e. The lowest BCUT2D eigenvalue weighted by atomic mass is 10.3. The fourth-order valence-electron chi connectivity index (χ4n) is 0.918. The van der Waals surface area contributed by atoms with E-state index < -0.39 is 0 Å². The second kappa shape index (κ2) is 3.25. The van der Waals surface area contributed by atoms with Crippen LogP contribution in [0.15, 0.2) is 18.2 Å². The molecule has 2 rings (SSSR count). The molecule has 2 nitrogen and oxygen atoms in total. The zero-order valence-electron chi connectivity index (χ0n) is 5.95. The highest BCUT2D eigenvalue weighted by Crippen LogP contribution is 2.23. The summed E-state index contributed by atoms with van der Waals surface area (Å²) in [6.45, 7) is 0. The average molecular weight is 205 g/mol. The molecule has 0 unspecified atom stereocenters. The number of anilines is 1. The molecule has 0 fully saturated rings. The van der Waals surface area contributed by atoms with Gasteiger partial charge in [0, 0.05) is 6.07 Å². The van der Waals surface area contributed by atoms with E-state index in [4.69, 9.17) is 5.73 Å². The fourth-order valence-corrected chi connectivity index (χ4v) is 1.63. The number of nitrogens with two attached hydrogens (primary N) is 1. The molecule has 64 valence electrons. The largest absolute Gasteiger partial charge is 0.375 e. The summed E-state index contributed by atoms with van der Waals surface area (Å²) in [5, 5.41) is 0.477. The molecule has 2 N–H and O–H groups in total. The molecule has 0 aliphatic heterocycles. The van der Waals surface area contributed by atoms with Crippen molar-refractivity contribution in [1.82, 2.24) is 4.98 Å². The van der Waals surface area contributed by atoms with Crippen molar-refractivity contribution in [3.8, 4) is 0 Å². The number of benzene rings is 1. The molecule has 5 heteroatoms. The first-order valence-electron chi connectivity index (χ1n) is 3.07. The Morgan fingerprint density at radius 1 is 1.42 bits per heavy atom. The molecule has 12 heavy (non-hydrogen) atoms. The number of hydrogen-bond donors (Lipinski definition) is 1. The molecule has 0 saturated carbocycles. The number of hydrogen-bond acceptors (Lipinski definition) is 3. The predicted octanol–water partition coefficient (Wildman–Crippen LogP) is 2.44. The summed E-state index contributed by atoms with van der Waals surface area (Å²) < 4.78 is 13.5. The Hall–Kier alpha value is -0.870. The third kappa shape index (κ3) is 1.49. The molecule has 0 amide bonds. The van der Waals surface area contributed by atoms with Gasteiger partial charge in [-0.15, -0.1) is 12.4 Å². The Bertz CT molecular complexity index is 401. The normalized spacial score (nSPS) is 9.75. The molecule has 1 heterocycles. The Kier molecular flexibility index (Phi) is 2.49. The lowest BCUT2D eigenvalue weighted by Crippen LogP contribution is -1.79. The van der Waals surface area contributed by atoms with E-state index in [9.17, 15) is 4.39 Å². The molecule has 1 aromatic heterocycles. The van der Waals surface area contributed by atoms with Crippen molar-refractivity contribution in [3.05, 3.63) is 24.0 Å². The number of rotatable bonds is 0. The fraction of sp³-hybridized carbons (Fsp3) is 0. The maximum absolute atomic E-state index is 12.6. The summed E-state index contributed by atoms with van der Waals surface area (Å²) in [5.41, 5.74) is 6.06. The van der Waals surface area contributed by atoms with Crippen LogP contribution in [0.1, 0.15) is 0 Å². The van der Waals surface area contributed by atoms with E-state index in [0.29, 0.717) is 10.6 Å². The molecule has 0 spiro atoms. The summed E-state index contributed by atoms with van der Waals surface area (Å²) in [5.74, 6) is -0.275. The van der Waals surface area contributed by atoms with Gasteiger partial charge in [0.2, 0.25) is 0 Å². The van der Waals surface area contributed by atoms with Crippen molar-refractivity contribution in [1.29, 1.82) is 0 Å². The zero-order chi connectivity index (χ0) is 7.84. The number of nitrogen functional groups attached to an aromatic ring is 1. The van der Waals surface area contributed by atoms with Crippen molar-refractivity contribution in [3.63, 3.8) is 0 Å². The van der Waals surface area contributed by atoms with Gasteiger partial charge < -0.3 is 5.73 Å². The second-order valence-corrected chi connectivity index (χ2v) is 3.23. The molecule has 1 aromatic carbocycles. The number of fused-ring (bicyclic) bond motifs is 1. The summed E-state index contributed by atoms with van der Waals surface area (Å²) in [6.07, 6.45) is 0. The predicted molar refractivity (Wildman–Crippen MR) is 51.2 cm³/mol. The summed E-state index contributed by atoms with van der Waals surface area (Å²) in [4.78, 5) is 3.93. The van der Waals surface area contributed by atoms with Gasteiger partial charge in [-0.2, -0.15) is 0 Å². The van der Waals surface area contributed by atoms with E-state index in [1.165, 1.54) is 23.5 Å². The first-order valence-corrected chi connectivity index (χ1v) is 3.89. The van der Waals surface area contributed by atoms with E-state index in [1.807, 2.05) is 0 Å². The molecule has 0 radical (unpaired) electrons. The van der Waals surface area contributed by atoms with E-state index >= 15 is 0 Å². The minimum Gasteiger partial charge on any atom is -0.375 e. The molecule has 0 atom stereocenters. The highest BCUT2D eigenvalue weighted by atomic mass is 35.5. The minimum absolute atomic E-state index is 0. The first kappa shape index (κ1) is 9.22. The van der Waals surface area contributed by atoms with Gasteiger partial charge in [0.25, 0.3) is 0 Å². The number of halogens is 2.